The number of hydrogen-bond acceptors (Lipinski definition) is 5. The van der Waals surface area contributed by atoms with E-state index in [1.165, 1.54) is 6.20 Å². The molecule has 1 amide bonds. The Morgan fingerprint density at radius 1 is 1.36 bits per heavy atom. The summed E-state index contributed by atoms with van der Waals surface area (Å²) in [4.78, 5) is 22.4. The first-order valence-corrected chi connectivity index (χ1v) is 7.93. The van der Waals surface area contributed by atoms with Crippen LogP contribution in [0.15, 0.2) is 12.4 Å². The van der Waals surface area contributed by atoms with Crippen LogP contribution in [0, 0.1) is 5.92 Å². The standard InChI is InChI=1S/C15H21ClN4O2/c1-15(2,3)22-14(21)20-8-9-4-10(11(20)5-9)19-13-7-17-12(16)6-18-13/h6-7,9-11H,4-5,8H2,1-3H3,(H,18,19)/t9-,10+,11-/m0/s1. The number of rotatable bonds is 2. The summed E-state index contributed by atoms with van der Waals surface area (Å²) >= 11 is 5.75. The molecule has 7 heteroatoms. The van der Waals surface area contributed by atoms with Gasteiger partial charge >= 0.3 is 6.09 Å². The van der Waals surface area contributed by atoms with E-state index in [-0.39, 0.29) is 18.2 Å². The van der Waals surface area contributed by atoms with Crippen molar-refractivity contribution >= 4 is 23.5 Å². The lowest BCUT2D eigenvalue weighted by Gasteiger charge is -2.35. The van der Waals surface area contributed by atoms with Crippen LogP contribution in [-0.4, -0.2) is 45.2 Å². The predicted molar refractivity (Wildman–Crippen MR) is 83.9 cm³/mol. The molecule has 1 saturated carbocycles. The number of halogens is 1. The van der Waals surface area contributed by atoms with E-state index in [9.17, 15) is 4.79 Å². The molecule has 3 rings (SSSR count). The Bertz CT molecular complexity index is 558. The van der Waals surface area contributed by atoms with Crippen molar-refractivity contribution in [3.05, 3.63) is 17.5 Å². The van der Waals surface area contributed by atoms with Gasteiger partial charge in [-0.05, 0) is 39.5 Å². The van der Waals surface area contributed by atoms with Crippen LogP contribution in [-0.2, 0) is 4.74 Å². The van der Waals surface area contributed by atoms with Crippen LogP contribution in [0.2, 0.25) is 5.15 Å². The van der Waals surface area contributed by atoms with Crippen molar-refractivity contribution in [2.45, 2.75) is 51.3 Å². The number of hydrogen-bond donors (Lipinski definition) is 1. The molecule has 0 spiro atoms. The highest BCUT2D eigenvalue weighted by atomic mass is 35.5. The molecule has 2 bridgehead atoms. The molecule has 0 aromatic carbocycles. The number of ether oxygens (including phenoxy) is 1. The molecule has 2 aliphatic rings. The number of carbonyl (C=O) groups is 1. The molecule has 3 atom stereocenters. The first-order chi connectivity index (χ1) is 10.3. The summed E-state index contributed by atoms with van der Waals surface area (Å²) in [5, 5.41) is 3.73. The molecular weight excluding hydrogens is 304 g/mol. The maximum atomic E-state index is 12.3. The molecule has 1 aliphatic heterocycles. The van der Waals surface area contributed by atoms with Gasteiger partial charge in [-0.15, -0.1) is 0 Å². The first kappa shape index (κ1) is 15.3. The largest absolute Gasteiger partial charge is 0.444 e. The number of piperidine rings is 1. The van der Waals surface area contributed by atoms with Crippen LogP contribution < -0.4 is 5.32 Å². The van der Waals surface area contributed by atoms with Gasteiger partial charge in [-0.25, -0.2) is 14.8 Å². The SMILES string of the molecule is CC(C)(C)OC(=O)N1C[C@H]2C[C@@H](Nc3cnc(Cl)cn3)[C@@H]1C2. The van der Waals surface area contributed by atoms with E-state index < -0.39 is 5.60 Å². The summed E-state index contributed by atoms with van der Waals surface area (Å²) < 4.78 is 5.50. The molecule has 120 valence electrons. The number of amides is 1. The van der Waals surface area contributed by atoms with Crippen molar-refractivity contribution in [2.75, 3.05) is 11.9 Å². The van der Waals surface area contributed by atoms with Crippen molar-refractivity contribution in [3.8, 4) is 0 Å². The third-order valence-corrected chi connectivity index (χ3v) is 4.26. The molecule has 1 saturated heterocycles. The van der Waals surface area contributed by atoms with Crippen LogP contribution in [0.25, 0.3) is 0 Å². The third-order valence-electron chi connectivity index (χ3n) is 4.06. The smallest absolute Gasteiger partial charge is 0.410 e. The molecule has 22 heavy (non-hydrogen) atoms. The molecule has 1 aromatic rings. The maximum Gasteiger partial charge on any atom is 0.410 e. The van der Waals surface area contributed by atoms with E-state index in [4.69, 9.17) is 16.3 Å². The summed E-state index contributed by atoms with van der Waals surface area (Å²) in [6.07, 6.45) is 4.95. The first-order valence-electron chi connectivity index (χ1n) is 7.55. The van der Waals surface area contributed by atoms with E-state index in [2.05, 4.69) is 15.3 Å². The minimum absolute atomic E-state index is 0.150. The van der Waals surface area contributed by atoms with Crippen LogP contribution >= 0.6 is 11.6 Å². The Hall–Kier alpha value is -1.56. The van der Waals surface area contributed by atoms with Crippen molar-refractivity contribution in [1.82, 2.24) is 14.9 Å². The number of fused-ring (bicyclic) bond motifs is 2. The molecular formula is C15H21ClN4O2. The number of likely N-dealkylation sites (tertiary alicyclic amines) is 1. The molecule has 2 heterocycles. The van der Waals surface area contributed by atoms with E-state index in [1.54, 1.807) is 6.20 Å². The van der Waals surface area contributed by atoms with Gasteiger partial charge in [0.1, 0.15) is 16.6 Å². The molecule has 6 nitrogen and oxygen atoms in total. The van der Waals surface area contributed by atoms with Crippen LogP contribution in [0.3, 0.4) is 0 Å². The Balaban J connectivity index is 1.66. The number of aromatic nitrogens is 2. The van der Waals surface area contributed by atoms with Gasteiger partial charge < -0.3 is 15.0 Å². The van der Waals surface area contributed by atoms with Gasteiger partial charge in [0.25, 0.3) is 0 Å². The summed E-state index contributed by atoms with van der Waals surface area (Å²) in [5.74, 6) is 1.21. The second-order valence-electron chi connectivity index (χ2n) is 7.01. The lowest BCUT2D eigenvalue weighted by Crippen LogP contribution is -2.49. The molecule has 1 N–H and O–H groups in total. The average molecular weight is 325 g/mol. The van der Waals surface area contributed by atoms with Gasteiger partial charge in [-0.1, -0.05) is 11.6 Å². The van der Waals surface area contributed by atoms with Crippen molar-refractivity contribution in [3.63, 3.8) is 0 Å². The second-order valence-corrected chi connectivity index (χ2v) is 7.40. The second kappa shape index (κ2) is 5.57. The Labute approximate surface area is 135 Å². The molecule has 2 fully saturated rings. The Morgan fingerprint density at radius 3 is 2.73 bits per heavy atom. The zero-order valence-corrected chi connectivity index (χ0v) is 13.8. The number of anilines is 1. The van der Waals surface area contributed by atoms with Gasteiger partial charge in [0.2, 0.25) is 0 Å². The maximum absolute atomic E-state index is 12.3. The van der Waals surface area contributed by atoms with Gasteiger partial charge in [-0.2, -0.15) is 0 Å². The van der Waals surface area contributed by atoms with Gasteiger partial charge in [-0.3, -0.25) is 0 Å². The van der Waals surface area contributed by atoms with Crippen LogP contribution in [0.5, 0.6) is 0 Å². The fourth-order valence-electron chi connectivity index (χ4n) is 3.29. The number of nitrogens with zero attached hydrogens (tertiary/aromatic N) is 3. The fourth-order valence-corrected chi connectivity index (χ4v) is 3.39. The zero-order valence-electron chi connectivity index (χ0n) is 13.0. The van der Waals surface area contributed by atoms with E-state index in [1.807, 2.05) is 25.7 Å². The summed E-state index contributed by atoms with van der Waals surface area (Å²) in [6, 6.07) is 0.332. The van der Waals surface area contributed by atoms with E-state index in [0.29, 0.717) is 16.9 Å². The topological polar surface area (TPSA) is 67.3 Å². The monoisotopic (exact) mass is 324 g/mol. The predicted octanol–water partition coefficient (Wildman–Crippen LogP) is 2.94. The zero-order chi connectivity index (χ0) is 15.9. The van der Waals surface area contributed by atoms with Crippen LogP contribution in [0.4, 0.5) is 10.6 Å². The summed E-state index contributed by atoms with van der Waals surface area (Å²) in [6.45, 7) is 6.44. The molecule has 1 aromatic heterocycles. The molecule has 1 aliphatic carbocycles. The van der Waals surface area contributed by atoms with Gasteiger partial charge in [0, 0.05) is 12.6 Å². The normalized spacial score (nSPS) is 27.1. The third kappa shape index (κ3) is 3.27. The van der Waals surface area contributed by atoms with Crippen molar-refractivity contribution in [2.24, 2.45) is 5.92 Å². The lowest BCUT2D eigenvalue weighted by atomic mass is 10.1. The van der Waals surface area contributed by atoms with E-state index in [0.717, 1.165) is 19.4 Å². The Kier molecular flexibility index (Phi) is 3.89. The fraction of sp³-hybridized carbons (Fsp3) is 0.667. The average Bonchev–Trinajstić information content (AvgIpc) is 2.99. The number of carbonyl (C=O) groups excluding carboxylic acids is 1. The minimum atomic E-state index is -0.469. The lowest BCUT2D eigenvalue weighted by molar-refractivity contribution is 0.0179. The highest BCUT2D eigenvalue weighted by molar-refractivity contribution is 6.29. The van der Waals surface area contributed by atoms with E-state index >= 15 is 0 Å². The Morgan fingerprint density at radius 2 is 2.14 bits per heavy atom. The van der Waals surface area contributed by atoms with Crippen molar-refractivity contribution in [1.29, 1.82) is 0 Å². The number of nitrogens with one attached hydrogen (secondary N) is 1. The van der Waals surface area contributed by atoms with Gasteiger partial charge in [0.05, 0.1) is 18.4 Å². The highest BCUT2D eigenvalue weighted by Crippen LogP contribution is 2.39. The minimum Gasteiger partial charge on any atom is -0.444 e. The van der Waals surface area contributed by atoms with Crippen molar-refractivity contribution < 1.29 is 9.53 Å². The summed E-state index contributed by atoms with van der Waals surface area (Å²) in [7, 11) is 0. The van der Waals surface area contributed by atoms with Gasteiger partial charge in [0.15, 0.2) is 0 Å². The quantitative estimate of drug-likeness (QED) is 0.906. The molecule has 0 radical (unpaired) electrons. The summed E-state index contributed by atoms with van der Waals surface area (Å²) in [5.41, 5.74) is -0.469. The molecule has 0 unspecified atom stereocenters. The highest BCUT2D eigenvalue weighted by Gasteiger charge is 2.48. The van der Waals surface area contributed by atoms with Crippen LogP contribution in [0.1, 0.15) is 33.6 Å².